The van der Waals surface area contributed by atoms with Gasteiger partial charge < -0.3 is 15.0 Å². The maximum absolute atomic E-state index is 13.0. The second-order valence-electron chi connectivity index (χ2n) is 5.83. The minimum Gasteiger partial charge on any atom is -0.396 e. The highest BCUT2D eigenvalue weighted by atomic mass is 16.3. The number of hydrogen-bond acceptors (Lipinski definition) is 2. The first kappa shape index (κ1) is 14.1. The molecule has 1 aliphatic carbocycles. The topological polar surface area (TPSA) is 56.3 Å². The van der Waals surface area contributed by atoms with Crippen molar-refractivity contribution in [2.45, 2.75) is 38.6 Å². The van der Waals surface area contributed by atoms with Gasteiger partial charge in [-0.05, 0) is 38.7 Å². The number of aromatic amines is 1. The van der Waals surface area contributed by atoms with E-state index in [-0.39, 0.29) is 12.5 Å². The minimum absolute atomic E-state index is 0.100. The Morgan fingerprint density at radius 2 is 2.14 bits per heavy atom. The number of aromatic nitrogens is 1. The fourth-order valence-electron chi connectivity index (χ4n) is 3.09. The molecule has 2 N–H and O–H groups in total. The maximum atomic E-state index is 13.0. The van der Waals surface area contributed by atoms with Crippen molar-refractivity contribution in [3.63, 3.8) is 0 Å². The van der Waals surface area contributed by atoms with Crippen molar-refractivity contribution in [1.29, 1.82) is 0 Å². The summed E-state index contributed by atoms with van der Waals surface area (Å²) in [5, 5.41) is 10.1. The third-order valence-electron chi connectivity index (χ3n) is 4.44. The average Bonchev–Trinajstić information content (AvgIpc) is 2.76. The predicted molar refractivity (Wildman–Crippen MR) is 83.4 cm³/mol. The summed E-state index contributed by atoms with van der Waals surface area (Å²) in [6.07, 6.45) is 4.00. The summed E-state index contributed by atoms with van der Waals surface area (Å²) < 4.78 is 0. The van der Waals surface area contributed by atoms with Crippen molar-refractivity contribution in [3.05, 3.63) is 35.5 Å². The first-order valence-corrected chi connectivity index (χ1v) is 7.71. The van der Waals surface area contributed by atoms with Crippen LogP contribution in [-0.4, -0.2) is 40.1 Å². The number of benzene rings is 1. The van der Waals surface area contributed by atoms with Crippen molar-refractivity contribution in [1.82, 2.24) is 9.88 Å². The average molecular weight is 286 g/mol. The van der Waals surface area contributed by atoms with Gasteiger partial charge in [-0.25, -0.2) is 0 Å². The number of carbonyl (C=O) groups excluding carboxylic acids is 1. The van der Waals surface area contributed by atoms with Crippen LogP contribution in [0.3, 0.4) is 0 Å². The van der Waals surface area contributed by atoms with Crippen molar-refractivity contribution >= 4 is 16.8 Å². The quantitative estimate of drug-likeness (QED) is 0.888. The number of nitrogens with one attached hydrogen (secondary N) is 1. The van der Waals surface area contributed by atoms with E-state index < -0.39 is 0 Å². The van der Waals surface area contributed by atoms with Gasteiger partial charge in [-0.3, -0.25) is 4.79 Å². The van der Waals surface area contributed by atoms with Gasteiger partial charge in [0.05, 0.1) is 5.56 Å². The fraction of sp³-hybridized carbons (Fsp3) is 0.471. The molecule has 21 heavy (non-hydrogen) atoms. The number of rotatable bonds is 5. The lowest BCUT2D eigenvalue weighted by molar-refractivity contribution is 0.0564. The fourth-order valence-corrected chi connectivity index (χ4v) is 3.09. The summed E-state index contributed by atoms with van der Waals surface area (Å²) in [5.74, 6) is 0.100. The second kappa shape index (κ2) is 5.90. The normalized spacial score (nSPS) is 15.1. The number of fused-ring (bicyclic) bond motifs is 1. The number of para-hydroxylation sites is 1. The van der Waals surface area contributed by atoms with E-state index in [2.05, 4.69) is 4.98 Å². The molecule has 3 rings (SSSR count). The Morgan fingerprint density at radius 3 is 2.81 bits per heavy atom. The number of aryl methyl sites for hydroxylation is 1. The number of aliphatic hydroxyl groups is 1. The molecule has 1 aromatic heterocycles. The Kier molecular flexibility index (Phi) is 3.97. The molecule has 0 atom stereocenters. The molecule has 1 aromatic carbocycles. The summed E-state index contributed by atoms with van der Waals surface area (Å²) in [5.41, 5.74) is 2.72. The van der Waals surface area contributed by atoms with E-state index in [0.29, 0.717) is 19.0 Å². The van der Waals surface area contributed by atoms with Crippen LogP contribution in [0.25, 0.3) is 10.9 Å². The summed E-state index contributed by atoms with van der Waals surface area (Å²) >= 11 is 0. The van der Waals surface area contributed by atoms with Gasteiger partial charge in [0, 0.05) is 35.8 Å². The maximum Gasteiger partial charge on any atom is 0.256 e. The van der Waals surface area contributed by atoms with Crippen LogP contribution in [0.2, 0.25) is 0 Å². The number of H-pyrrole nitrogens is 1. The highest BCUT2D eigenvalue weighted by Gasteiger charge is 2.30. The molecule has 1 fully saturated rings. The second-order valence-corrected chi connectivity index (χ2v) is 5.83. The highest BCUT2D eigenvalue weighted by molar-refractivity contribution is 6.08. The molecule has 1 aliphatic rings. The SMILES string of the molecule is Cc1[nH]c2ccccc2c1C(=O)N(CCCO)C1CCC1. The Labute approximate surface area is 124 Å². The molecule has 4 heteroatoms. The third kappa shape index (κ3) is 2.56. The van der Waals surface area contributed by atoms with E-state index in [0.717, 1.165) is 35.0 Å². The molecule has 0 radical (unpaired) electrons. The van der Waals surface area contributed by atoms with Crippen molar-refractivity contribution < 1.29 is 9.90 Å². The summed E-state index contributed by atoms with van der Waals surface area (Å²) in [7, 11) is 0. The van der Waals surface area contributed by atoms with Gasteiger partial charge in [-0.2, -0.15) is 0 Å². The number of nitrogens with zero attached hydrogens (tertiary/aromatic N) is 1. The van der Waals surface area contributed by atoms with Crippen molar-refractivity contribution in [2.24, 2.45) is 0 Å². The van der Waals surface area contributed by atoms with Crippen LogP contribution >= 0.6 is 0 Å². The largest absolute Gasteiger partial charge is 0.396 e. The molecule has 0 spiro atoms. The van der Waals surface area contributed by atoms with E-state index in [1.807, 2.05) is 36.1 Å². The van der Waals surface area contributed by atoms with Gasteiger partial charge in [0.2, 0.25) is 0 Å². The Balaban J connectivity index is 1.95. The van der Waals surface area contributed by atoms with E-state index >= 15 is 0 Å². The molecular formula is C17H22N2O2. The summed E-state index contributed by atoms with van der Waals surface area (Å²) in [6.45, 7) is 2.72. The minimum atomic E-state index is 0.100. The Hall–Kier alpha value is -1.81. The first-order valence-electron chi connectivity index (χ1n) is 7.71. The molecule has 0 aliphatic heterocycles. The van der Waals surface area contributed by atoms with Crippen LogP contribution in [0, 0.1) is 6.92 Å². The molecule has 2 aromatic rings. The standard InChI is InChI=1S/C17H22N2O2/c1-12-16(14-8-2-3-9-15(14)18-12)17(21)19(10-5-11-20)13-6-4-7-13/h2-3,8-9,13,18,20H,4-7,10-11H2,1H3. The van der Waals surface area contributed by atoms with Crippen LogP contribution in [0.4, 0.5) is 0 Å². The van der Waals surface area contributed by atoms with Gasteiger partial charge >= 0.3 is 0 Å². The molecular weight excluding hydrogens is 264 g/mol. The lowest BCUT2D eigenvalue weighted by Gasteiger charge is -2.37. The van der Waals surface area contributed by atoms with Crippen molar-refractivity contribution in [3.8, 4) is 0 Å². The molecule has 1 saturated carbocycles. The zero-order chi connectivity index (χ0) is 14.8. The van der Waals surface area contributed by atoms with E-state index in [1.165, 1.54) is 6.42 Å². The van der Waals surface area contributed by atoms with Gasteiger partial charge in [0.25, 0.3) is 5.91 Å². The first-order chi connectivity index (χ1) is 10.2. The number of carbonyl (C=O) groups is 1. The third-order valence-corrected chi connectivity index (χ3v) is 4.44. The molecule has 0 bridgehead atoms. The molecule has 4 nitrogen and oxygen atoms in total. The Bertz CT molecular complexity index is 643. The zero-order valence-electron chi connectivity index (χ0n) is 12.4. The summed E-state index contributed by atoms with van der Waals surface area (Å²) in [4.78, 5) is 18.3. The molecule has 1 heterocycles. The molecule has 0 saturated heterocycles. The van der Waals surface area contributed by atoms with Crippen LogP contribution in [0.1, 0.15) is 41.7 Å². The van der Waals surface area contributed by atoms with E-state index in [4.69, 9.17) is 5.11 Å². The van der Waals surface area contributed by atoms with Gasteiger partial charge in [-0.15, -0.1) is 0 Å². The Morgan fingerprint density at radius 1 is 1.38 bits per heavy atom. The van der Waals surface area contributed by atoms with Gasteiger partial charge in [0.15, 0.2) is 0 Å². The number of aliphatic hydroxyl groups excluding tert-OH is 1. The van der Waals surface area contributed by atoms with Crippen LogP contribution in [0.15, 0.2) is 24.3 Å². The number of hydrogen-bond donors (Lipinski definition) is 2. The van der Waals surface area contributed by atoms with Crippen molar-refractivity contribution in [2.75, 3.05) is 13.2 Å². The highest BCUT2D eigenvalue weighted by Crippen LogP contribution is 2.29. The van der Waals surface area contributed by atoms with Crippen LogP contribution < -0.4 is 0 Å². The summed E-state index contributed by atoms with van der Waals surface area (Å²) in [6, 6.07) is 8.28. The predicted octanol–water partition coefficient (Wildman–Crippen LogP) is 2.85. The number of amides is 1. The zero-order valence-corrected chi connectivity index (χ0v) is 12.4. The van der Waals surface area contributed by atoms with E-state index in [1.54, 1.807) is 0 Å². The smallest absolute Gasteiger partial charge is 0.256 e. The molecule has 112 valence electrons. The van der Waals surface area contributed by atoms with E-state index in [9.17, 15) is 4.79 Å². The molecule has 0 unspecified atom stereocenters. The monoisotopic (exact) mass is 286 g/mol. The van der Waals surface area contributed by atoms with Gasteiger partial charge in [-0.1, -0.05) is 18.2 Å². The molecule has 1 amide bonds. The lowest BCUT2D eigenvalue weighted by Crippen LogP contribution is -2.45. The van der Waals surface area contributed by atoms with Crippen LogP contribution in [0.5, 0.6) is 0 Å². The van der Waals surface area contributed by atoms with Gasteiger partial charge in [0.1, 0.15) is 0 Å². The lowest BCUT2D eigenvalue weighted by atomic mass is 9.90. The van der Waals surface area contributed by atoms with Crippen LogP contribution in [-0.2, 0) is 0 Å².